The second kappa shape index (κ2) is 3.74. The van der Waals surface area contributed by atoms with Gasteiger partial charge in [0.15, 0.2) is 5.78 Å². The Bertz CT molecular complexity index is 338. The van der Waals surface area contributed by atoms with Crippen LogP contribution in [0.5, 0.6) is 0 Å². The van der Waals surface area contributed by atoms with Gasteiger partial charge in [-0.1, -0.05) is 0 Å². The lowest BCUT2D eigenvalue weighted by Crippen LogP contribution is -2.03. The molecule has 0 aliphatic rings. The van der Waals surface area contributed by atoms with E-state index in [4.69, 9.17) is 5.73 Å². The Morgan fingerprint density at radius 3 is 2.58 bits per heavy atom. The molecule has 0 amide bonds. The molecule has 0 atom stereocenters. The molecular formula is C8H7BrINO. The second-order valence-corrected chi connectivity index (χ2v) is 4.39. The number of Topliss-reactive ketones (excluding diaryl/α,β-unsaturated/α-hetero) is 1. The molecule has 0 saturated carbocycles. The van der Waals surface area contributed by atoms with E-state index in [-0.39, 0.29) is 5.78 Å². The maximum atomic E-state index is 11.1. The molecule has 2 nitrogen and oxygen atoms in total. The number of nitrogens with two attached hydrogens (primary N) is 1. The van der Waals surface area contributed by atoms with Crippen LogP contribution in [0.15, 0.2) is 16.6 Å². The quantitative estimate of drug-likeness (QED) is 0.485. The average molecular weight is 340 g/mol. The fourth-order valence-electron chi connectivity index (χ4n) is 0.925. The summed E-state index contributed by atoms with van der Waals surface area (Å²) in [6.45, 7) is 1.51. The second-order valence-electron chi connectivity index (χ2n) is 2.37. The molecule has 0 aliphatic heterocycles. The standard InChI is InChI=1S/C8H7BrINO/c1-4(12)7-6(10)3-2-5(9)8(7)11/h2-3H,11H2,1H3. The Hall–Kier alpha value is -0.100. The van der Waals surface area contributed by atoms with E-state index in [9.17, 15) is 4.79 Å². The van der Waals surface area contributed by atoms with E-state index in [0.29, 0.717) is 11.3 Å². The summed E-state index contributed by atoms with van der Waals surface area (Å²) in [6, 6.07) is 3.70. The van der Waals surface area contributed by atoms with Gasteiger partial charge in [0.05, 0.1) is 11.3 Å². The van der Waals surface area contributed by atoms with Crippen LogP contribution in [0.3, 0.4) is 0 Å². The number of hydrogen-bond donors (Lipinski definition) is 1. The molecule has 0 radical (unpaired) electrons. The van der Waals surface area contributed by atoms with E-state index in [1.807, 2.05) is 12.1 Å². The van der Waals surface area contributed by atoms with Crippen molar-refractivity contribution in [2.45, 2.75) is 6.92 Å². The molecule has 4 heteroatoms. The number of nitrogen functional groups attached to an aromatic ring is 1. The highest BCUT2D eigenvalue weighted by molar-refractivity contribution is 14.1. The van der Waals surface area contributed by atoms with Gasteiger partial charge in [-0.2, -0.15) is 0 Å². The van der Waals surface area contributed by atoms with Gasteiger partial charge in [0.2, 0.25) is 0 Å². The van der Waals surface area contributed by atoms with E-state index in [1.165, 1.54) is 6.92 Å². The number of carbonyl (C=O) groups is 1. The van der Waals surface area contributed by atoms with Gasteiger partial charge in [0.1, 0.15) is 0 Å². The van der Waals surface area contributed by atoms with Crippen molar-refractivity contribution in [1.29, 1.82) is 0 Å². The van der Waals surface area contributed by atoms with E-state index in [2.05, 4.69) is 38.5 Å². The Labute approximate surface area is 92.8 Å². The van der Waals surface area contributed by atoms with Crippen molar-refractivity contribution >= 4 is 50.0 Å². The molecule has 12 heavy (non-hydrogen) atoms. The van der Waals surface area contributed by atoms with Gasteiger partial charge < -0.3 is 5.73 Å². The Morgan fingerprint density at radius 1 is 1.58 bits per heavy atom. The summed E-state index contributed by atoms with van der Waals surface area (Å²) < 4.78 is 1.66. The Morgan fingerprint density at radius 2 is 2.17 bits per heavy atom. The summed E-state index contributed by atoms with van der Waals surface area (Å²) in [5.41, 5.74) is 6.84. The third-order valence-electron chi connectivity index (χ3n) is 1.49. The van der Waals surface area contributed by atoms with Crippen molar-refractivity contribution in [1.82, 2.24) is 0 Å². The first-order valence-corrected chi connectivity index (χ1v) is 5.15. The van der Waals surface area contributed by atoms with Crippen molar-refractivity contribution in [3.05, 3.63) is 25.7 Å². The molecule has 0 spiro atoms. The van der Waals surface area contributed by atoms with Crippen LogP contribution in [0, 0.1) is 3.57 Å². The van der Waals surface area contributed by atoms with Crippen LogP contribution >= 0.6 is 38.5 Å². The summed E-state index contributed by atoms with van der Waals surface area (Å²) in [7, 11) is 0. The zero-order chi connectivity index (χ0) is 9.30. The minimum atomic E-state index is -0.00167. The van der Waals surface area contributed by atoms with Crippen molar-refractivity contribution in [2.75, 3.05) is 5.73 Å². The highest BCUT2D eigenvalue weighted by Gasteiger charge is 2.11. The Kier molecular flexibility index (Phi) is 3.11. The highest BCUT2D eigenvalue weighted by Crippen LogP contribution is 2.27. The fraction of sp³-hybridized carbons (Fsp3) is 0.125. The predicted molar refractivity (Wildman–Crippen MR) is 61.3 cm³/mol. The third kappa shape index (κ3) is 1.80. The number of halogens is 2. The van der Waals surface area contributed by atoms with Crippen LogP contribution in [-0.4, -0.2) is 5.78 Å². The molecule has 64 valence electrons. The van der Waals surface area contributed by atoms with E-state index in [0.717, 1.165) is 8.04 Å². The Balaban J connectivity index is 3.43. The predicted octanol–water partition coefficient (Wildman–Crippen LogP) is 2.84. The van der Waals surface area contributed by atoms with Gasteiger partial charge in [0.25, 0.3) is 0 Å². The van der Waals surface area contributed by atoms with E-state index >= 15 is 0 Å². The van der Waals surface area contributed by atoms with Gasteiger partial charge in [0, 0.05) is 8.04 Å². The SMILES string of the molecule is CC(=O)c1c(I)ccc(Br)c1N. The zero-order valence-electron chi connectivity index (χ0n) is 6.40. The van der Waals surface area contributed by atoms with Gasteiger partial charge >= 0.3 is 0 Å². The molecule has 0 fully saturated rings. The largest absolute Gasteiger partial charge is 0.397 e. The van der Waals surface area contributed by atoms with Gasteiger partial charge in [-0.3, -0.25) is 4.79 Å². The molecule has 0 aromatic heterocycles. The molecule has 0 saturated heterocycles. The van der Waals surface area contributed by atoms with Gasteiger partial charge in [-0.15, -0.1) is 0 Å². The first-order chi connectivity index (χ1) is 5.54. The van der Waals surface area contributed by atoms with E-state index < -0.39 is 0 Å². The molecule has 1 aromatic rings. The van der Waals surface area contributed by atoms with Crippen LogP contribution in [0.4, 0.5) is 5.69 Å². The molecule has 2 N–H and O–H groups in total. The number of rotatable bonds is 1. The average Bonchev–Trinajstić information content (AvgIpc) is 1.97. The zero-order valence-corrected chi connectivity index (χ0v) is 10.1. The first kappa shape index (κ1) is 9.98. The molecule has 0 bridgehead atoms. The lowest BCUT2D eigenvalue weighted by molar-refractivity contribution is 0.101. The summed E-state index contributed by atoms with van der Waals surface area (Å²) in [5, 5.41) is 0. The fourth-order valence-corrected chi connectivity index (χ4v) is 2.11. The molecule has 1 aromatic carbocycles. The summed E-state index contributed by atoms with van der Waals surface area (Å²) >= 11 is 5.36. The summed E-state index contributed by atoms with van der Waals surface area (Å²) in [4.78, 5) is 11.1. The van der Waals surface area contributed by atoms with Crippen LogP contribution in [0.1, 0.15) is 17.3 Å². The molecule has 0 aliphatic carbocycles. The summed E-state index contributed by atoms with van der Waals surface area (Å²) in [5.74, 6) is -0.00167. The normalized spacial score (nSPS) is 9.92. The number of carbonyl (C=O) groups excluding carboxylic acids is 1. The third-order valence-corrected chi connectivity index (χ3v) is 3.08. The van der Waals surface area contributed by atoms with Crippen molar-refractivity contribution in [3.63, 3.8) is 0 Å². The molecular weight excluding hydrogens is 333 g/mol. The highest BCUT2D eigenvalue weighted by atomic mass is 127. The minimum Gasteiger partial charge on any atom is -0.397 e. The number of anilines is 1. The minimum absolute atomic E-state index is 0.00167. The van der Waals surface area contributed by atoms with Crippen molar-refractivity contribution in [3.8, 4) is 0 Å². The smallest absolute Gasteiger partial charge is 0.162 e. The van der Waals surface area contributed by atoms with Crippen LogP contribution < -0.4 is 5.73 Å². The number of benzene rings is 1. The summed E-state index contributed by atoms with van der Waals surface area (Å²) in [6.07, 6.45) is 0. The lowest BCUT2D eigenvalue weighted by atomic mass is 10.1. The first-order valence-electron chi connectivity index (χ1n) is 3.28. The van der Waals surface area contributed by atoms with Crippen LogP contribution in [0.2, 0.25) is 0 Å². The number of ketones is 1. The van der Waals surface area contributed by atoms with Gasteiger partial charge in [-0.25, -0.2) is 0 Å². The molecule has 1 rings (SSSR count). The number of hydrogen-bond acceptors (Lipinski definition) is 2. The molecule has 0 unspecified atom stereocenters. The van der Waals surface area contributed by atoms with Crippen LogP contribution in [-0.2, 0) is 0 Å². The van der Waals surface area contributed by atoms with Gasteiger partial charge in [-0.05, 0) is 57.6 Å². The lowest BCUT2D eigenvalue weighted by Gasteiger charge is -2.05. The monoisotopic (exact) mass is 339 g/mol. The maximum absolute atomic E-state index is 11.1. The van der Waals surface area contributed by atoms with Crippen molar-refractivity contribution in [2.24, 2.45) is 0 Å². The van der Waals surface area contributed by atoms with Crippen LogP contribution in [0.25, 0.3) is 0 Å². The molecule has 0 heterocycles. The topological polar surface area (TPSA) is 43.1 Å². The van der Waals surface area contributed by atoms with E-state index in [1.54, 1.807) is 0 Å². The van der Waals surface area contributed by atoms with Crippen molar-refractivity contribution < 1.29 is 4.79 Å². The maximum Gasteiger partial charge on any atom is 0.162 e.